The zero-order valence-corrected chi connectivity index (χ0v) is 16.2. The molecule has 0 bridgehead atoms. The van der Waals surface area contributed by atoms with Crippen molar-refractivity contribution in [3.05, 3.63) is 41.9 Å². The summed E-state index contributed by atoms with van der Waals surface area (Å²) < 4.78 is 17.8. The monoisotopic (exact) mass is 400 g/mol. The molecule has 0 saturated heterocycles. The molecule has 0 saturated carbocycles. The number of fused-ring (bicyclic) bond motifs is 1. The van der Waals surface area contributed by atoms with Crippen molar-refractivity contribution in [2.75, 3.05) is 20.8 Å². The van der Waals surface area contributed by atoms with E-state index in [9.17, 15) is 14.4 Å². The fourth-order valence-electron chi connectivity index (χ4n) is 2.92. The minimum absolute atomic E-state index is 0.0451. The molecule has 3 aromatic rings. The molecule has 0 atom stereocenters. The molecule has 10 heteroatoms. The van der Waals surface area contributed by atoms with E-state index in [1.807, 2.05) is 0 Å². The van der Waals surface area contributed by atoms with Gasteiger partial charge < -0.3 is 18.8 Å². The van der Waals surface area contributed by atoms with Gasteiger partial charge in [-0.1, -0.05) is 5.21 Å². The summed E-state index contributed by atoms with van der Waals surface area (Å²) in [5.74, 6) is -1.56. The highest BCUT2D eigenvalue weighted by molar-refractivity contribution is 6.43. The van der Waals surface area contributed by atoms with Crippen molar-refractivity contribution in [2.45, 2.75) is 20.0 Å². The van der Waals surface area contributed by atoms with Gasteiger partial charge in [0.25, 0.3) is 5.78 Å². The fourth-order valence-corrected chi connectivity index (χ4v) is 2.92. The molecule has 2 heterocycles. The Balaban J connectivity index is 1.93. The lowest BCUT2D eigenvalue weighted by atomic mass is 10.1. The third kappa shape index (κ3) is 4.26. The standard InChI is InChI=1S/C19H20N4O6/c1-4-29-17(24)11-23-9-12(20-21-23)8-22-10-15(18(25)19(26)28-3)14-7-13(27-2)5-6-16(14)22/h5-7,9-10H,4,8,11H2,1-3H3. The van der Waals surface area contributed by atoms with Crippen LogP contribution in [0.15, 0.2) is 30.6 Å². The van der Waals surface area contributed by atoms with Gasteiger partial charge >= 0.3 is 11.9 Å². The van der Waals surface area contributed by atoms with Gasteiger partial charge in [0.1, 0.15) is 18.0 Å². The SMILES string of the molecule is CCOC(=O)Cn1cc(Cn2cc(C(=O)C(=O)OC)c3cc(OC)ccc32)nn1. The smallest absolute Gasteiger partial charge is 0.379 e. The number of carbonyl (C=O) groups is 3. The second-order valence-corrected chi connectivity index (χ2v) is 6.09. The molecule has 3 rings (SSSR count). The maximum atomic E-state index is 12.4. The topological polar surface area (TPSA) is 115 Å². The average Bonchev–Trinajstić information content (AvgIpc) is 3.31. The quantitative estimate of drug-likeness (QED) is 0.315. The second kappa shape index (κ2) is 8.55. The Morgan fingerprint density at radius 3 is 2.62 bits per heavy atom. The highest BCUT2D eigenvalue weighted by atomic mass is 16.5. The van der Waals surface area contributed by atoms with Gasteiger partial charge in [-0.15, -0.1) is 5.10 Å². The van der Waals surface area contributed by atoms with E-state index in [4.69, 9.17) is 9.47 Å². The van der Waals surface area contributed by atoms with Crippen molar-refractivity contribution >= 4 is 28.6 Å². The predicted octanol–water partition coefficient (Wildman–Crippen LogP) is 1.21. The number of ether oxygens (including phenoxy) is 3. The number of methoxy groups -OCH3 is 2. The van der Waals surface area contributed by atoms with Crippen molar-refractivity contribution in [1.29, 1.82) is 0 Å². The van der Waals surface area contributed by atoms with E-state index in [-0.39, 0.29) is 25.3 Å². The van der Waals surface area contributed by atoms with Crippen LogP contribution in [0.2, 0.25) is 0 Å². The molecule has 0 N–H and O–H groups in total. The molecule has 1 aromatic carbocycles. The maximum Gasteiger partial charge on any atom is 0.379 e. The van der Waals surface area contributed by atoms with Gasteiger partial charge in [-0.2, -0.15) is 0 Å². The van der Waals surface area contributed by atoms with Crippen LogP contribution in [0.4, 0.5) is 0 Å². The van der Waals surface area contributed by atoms with Crippen molar-refractivity contribution in [1.82, 2.24) is 19.6 Å². The van der Waals surface area contributed by atoms with Crippen molar-refractivity contribution in [2.24, 2.45) is 0 Å². The van der Waals surface area contributed by atoms with Crippen LogP contribution in [0.25, 0.3) is 10.9 Å². The summed E-state index contributed by atoms with van der Waals surface area (Å²) in [5, 5.41) is 8.52. The molecule has 0 amide bonds. The zero-order chi connectivity index (χ0) is 21.0. The van der Waals surface area contributed by atoms with E-state index in [0.29, 0.717) is 22.3 Å². The predicted molar refractivity (Wildman–Crippen MR) is 101 cm³/mol. The Bertz CT molecular complexity index is 1070. The maximum absolute atomic E-state index is 12.4. The third-order valence-electron chi connectivity index (χ3n) is 4.22. The minimum atomic E-state index is -0.952. The van der Waals surface area contributed by atoms with E-state index in [1.54, 1.807) is 42.1 Å². The van der Waals surface area contributed by atoms with Crippen LogP contribution in [0, 0.1) is 0 Å². The van der Waals surface area contributed by atoms with Crippen LogP contribution in [-0.4, -0.2) is 58.1 Å². The summed E-state index contributed by atoms with van der Waals surface area (Å²) in [7, 11) is 2.67. The van der Waals surface area contributed by atoms with E-state index in [1.165, 1.54) is 11.8 Å². The molecule has 0 radical (unpaired) electrons. The number of aromatic nitrogens is 4. The highest BCUT2D eigenvalue weighted by Gasteiger charge is 2.23. The lowest BCUT2D eigenvalue weighted by Crippen LogP contribution is -2.15. The van der Waals surface area contributed by atoms with E-state index in [2.05, 4.69) is 15.0 Å². The molecule has 152 valence electrons. The lowest BCUT2D eigenvalue weighted by Gasteiger charge is -2.04. The number of Topliss-reactive ketones (excluding diaryl/α,β-unsaturated/α-hetero) is 1. The van der Waals surface area contributed by atoms with Gasteiger partial charge in [0.2, 0.25) is 0 Å². The lowest BCUT2D eigenvalue weighted by molar-refractivity contribution is -0.144. The molecule has 0 spiro atoms. The summed E-state index contributed by atoms with van der Waals surface area (Å²) in [6.07, 6.45) is 3.18. The largest absolute Gasteiger partial charge is 0.497 e. The number of hydrogen-bond acceptors (Lipinski definition) is 8. The molecular formula is C19H20N4O6. The summed E-state index contributed by atoms with van der Waals surface area (Å²) in [6, 6.07) is 5.22. The fraction of sp³-hybridized carbons (Fsp3) is 0.316. The number of hydrogen-bond donors (Lipinski definition) is 0. The van der Waals surface area contributed by atoms with Crippen LogP contribution in [0.1, 0.15) is 23.0 Å². The number of esters is 2. The van der Waals surface area contributed by atoms with Crippen molar-refractivity contribution in [3.8, 4) is 5.75 Å². The Morgan fingerprint density at radius 2 is 1.93 bits per heavy atom. The summed E-state index contributed by atoms with van der Waals surface area (Å²) >= 11 is 0. The Labute approximate surface area is 165 Å². The number of carbonyl (C=O) groups excluding carboxylic acids is 3. The zero-order valence-electron chi connectivity index (χ0n) is 16.2. The van der Waals surface area contributed by atoms with Crippen LogP contribution in [0.5, 0.6) is 5.75 Å². The van der Waals surface area contributed by atoms with Gasteiger partial charge in [0.05, 0.1) is 39.1 Å². The molecule has 0 aliphatic carbocycles. The number of benzene rings is 1. The second-order valence-electron chi connectivity index (χ2n) is 6.09. The Morgan fingerprint density at radius 1 is 1.14 bits per heavy atom. The third-order valence-corrected chi connectivity index (χ3v) is 4.22. The first-order valence-electron chi connectivity index (χ1n) is 8.81. The van der Waals surface area contributed by atoms with Crippen LogP contribution >= 0.6 is 0 Å². The van der Waals surface area contributed by atoms with Gasteiger partial charge in [-0.05, 0) is 25.1 Å². The first kappa shape index (κ1) is 20.1. The van der Waals surface area contributed by atoms with Gasteiger partial charge in [-0.3, -0.25) is 9.59 Å². The molecule has 10 nitrogen and oxygen atoms in total. The van der Waals surface area contributed by atoms with Gasteiger partial charge in [-0.25, -0.2) is 9.48 Å². The Kier molecular flexibility index (Phi) is 5.91. The molecule has 29 heavy (non-hydrogen) atoms. The van der Waals surface area contributed by atoms with Crippen LogP contribution in [0.3, 0.4) is 0 Å². The molecule has 0 unspecified atom stereocenters. The summed E-state index contributed by atoms with van der Waals surface area (Å²) in [6.45, 7) is 2.25. The first-order valence-corrected chi connectivity index (χ1v) is 8.81. The van der Waals surface area contributed by atoms with E-state index in [0.717, 1.165) is 7.11 Å². The van der Waals surface area contributed by atoms with E-state index >= 15 is 0 Å². The molecule has 0 aliphatic rings. The number of rotatable bonds is 8. The normalized spacial score (nSPS) is 10.7. The summed E-state index contributed by atoms with van der Waals surface area (Å²) in [4.78, 5) is 35.8. The first-order chi connectivity index (χ1) is 14.0. The van der Waals surface area contributed by atoms with Crippen LogP contribution in [-0.2, 0) is 32.2 Å². The molecular weight excluding hydrogens is 380 g/mol. The van der Waals surface area contributed by atoms with E-state index < -0.39 is 17.7 Å². The highest BCUT2D eigenvalue weighted by Crippen LogP contribution is 2.27. The number of ketones is 1. The van der Waals surface area contributed by atoms with Crippen LogP contribution < -0.4 is 4.74 Å². The van der Waals surface area contributed by atoms with Gasteiger partial charge in [0.15, 0.2) is 0 Å². The van der Waals surface area contributed by atoms with Crippen molar-refractivity contribution < 1.29 is 28.6 Å². The number of nitrogens with zero attached hydrogens (tertiary/aromatic N) is 4. The molecule has 2 aromatic heterocycles. The molecule has 0 aliphatic heterocycles. The molecule has 0 fully saturated rings. The van der Waals surface area contributed by atoms with Crippen molar-refractivity contribution in [3.63, 3.8) is 0 Å². The summed E-state index contributed by atoms with van der Waals surface area (Å²) in [5.41, 5.74) is 1.47. The average molecular weight is 400 g/mol. The Hall–Kier alpha value is -3.69. The van der Waals surface area contributed by atoms with Gasteiger partial charge in [0, 0.05) is 17.1 Å². The minimum Gasteiger partial charge on any atom is -0.497 e.